The normalized spacial score (nSPS) is 36.6. The van der Waals surface area contributed by atoms with Crippen molar-refractivity contribution in [3.63, 3.8) is 0 Å². The van der Waals surface area contributed by atoms with Crippen LogP contribution in [0.3, 0.4) is 0 Å². The van der Waals surface area contributed by atoms with Gasteiger partial charge < -0.3 is 0 Å². The third-order valence-corrected chi connectivity index (χ3v) is 3.14. The van der Waals surface area contributed by atoms with Crippen molar-refractivity contribution in [1.82, 2.24) is 0 Å². The Hall–Kier alpha value is -0.330. The Morgan fingerprint density at radius 3 is 3.09 bits per heavy atom. The minimum absolute atomic E-state index is 0.933. The predicted molar refractivity (Wildman–Crippen MR) is 47.2 cm³/mol. The molecule has 2 atom stereocenters. The molecule has 1 aliphatic heterocycles. The van der Waals surface area contributed by atoms with Gasteiger partial charge in [0.25, 0.3) is 0 Å². The Bertz CT molecular complexity index is 172. The van der Waals surface area contributed by atoms with Crippen LogP contribution in [-0.4, -0.2) is 23.9 Å². The van der Waals surface area contributed by atoms with Crippen molar-refractivity contribution in [2.45, 2.75) is 32.6 Å². The van der Waals surface area contributed by atoms with E-state index >= 15 is 0 Å². The van der Waals surface area contributed by atoms with Crippen LogP contribution < -0.4 is 0 Å². The summed E-state index contributed by atoms with van der Waals surface area (Å²) in [7, 11) is 0. The van der Waals surface area contributed by atoms with Crippen molar-refractivity contribution >= 4 is 6.21 Å². The van der Waals surface area contributed by atoms with Gasteiger partial charge >= 0.3 is 0 Å². The lowest BCUT2D eigenvalue weighted by Gasteiger charge is -2.28. The fourth-order valence-corrected chi connectivity index (χ4v) is 2.56. The summed E-state index contributed by atoms with van der Waals surface area (Å²) in [4.78, 5) is 0. The second kappa shape index (κ2) is 2.96. The van der Waals surface area contributed by atoms with Crippen LogP contribution in [0.4, 0.5) is 0 Å². The number of hydrogen-bond donors (Lipinski definition) is 0. The highest BCUT2D eigenvalue weighted by molar-refractivity contribution is 5.55. The largest absolute Gasteiger partial charge is 0.239 e. The van der Waals surface area contributed by atoms with Gasteiger partial charge in [-0.3, -0.25) is 0 Å². The Kier molecular flexibility index (Phi) is 1.97. The van der Waals surface area contributed by atoms with E-state index < -0.39 is 0 Å². The van der Waals surface area contributed by atoms with Gasteiger partial charge in [0.05, 0.1) is 0 Å². The van der Waals surface area contributed by atoms with Gasteiger partial charge in [0.2, 0.25) is 0 Å². The third-order valence-electron chi connectivity index (χ3n) is 3.14. The summed E-state index contributed by atoms with van der Waals surface area (Å²) in [5.74, 6) is 1.96. The van der Waals surface area contributed by atoms with E-state index in [0.29, 0.717) is 0 Å². The van der Waals surface area contributed by atoms with E-state index in [0.717, 1.165) is 11.8 Å². The first kappa shape index (κ1) is 7.33. The van der Waals surface area contributed by atoms with Crippen LogP contribution >= 0.6 is 0 Å². The van der Waals surface area contributed by atoms with Crippen LogP contribution in [0.2, 0.25) is 0 Å². The topological polar surface area (TPSA) is 3.01 Å². The van der Waals surface area contributed by atoms with E-state index in [1.54, 1.807) is 0 Å². The van der Waals surface area contributed by atoms with Crippen molar-refractivity contribution in [2.24, 2.45) is 11.8 Å². The summed E-state index contributed by atoms with van der Waals surface area (Å²) in [6.07, 6.45) is 8.38. The minimum atomic E-state index is 0.933. The van der Waals surface area contributed by atoms with Gasteiger partial charge in [-0.05, 0) is 26.2 Å². The molecular weight excluding hydrogens is 134 g/mol. The molecule has 1 saturated carbocycles. The minimum Gasteiger partial charge on any atom is -0.239 e. The molecule has 1 heteroatoms. The van der Waals surface area contributed by atoms with Crippen LogP contribution in [0.15, 0.2) is 0 Å². The molecule has 0 unspecified atom stereocenters. The zero-order chi connectivity index (χ0) is 7.68. The first-order chi connectivity index (χ1) is 5.38. The lowest BCUT2D eigenvalue weighted by molar-refractivity contribution is -0.535. The lowest BCUT2D eigenvalue weighted by atomic mass is 9.80. The van der Waals surface area contributed by atoms with Crippen molar-refractivity contribution in [3.8, 4) is 0 Å². The summed E-state index contributed by atoms with van der Waals surface area (Å²) >= 11 is 0. The average molecular weight is 152 g/mol. The molecule has 2 aliphatic rings. The Morgan fingerprint density at radius 1 is 1.45 bits per heavy atom. The lowest BCUT2D eigenvalue weighted by Crippen LogP contribution is -2.34. The van der Waals surface area contributed by atoms with Gasteiger partial charge in [-0.1, -0.05) is 6.42 Å². The van der Waals surface area contributed by atoms with Crippen LogP contribution in [0.5, 0.6) is 0 Å². The third kappa shape index (κ3) is 1.47. The van der Waals surface area contributed by atoms with Gasteiger partial charge in [0.15, 0.2) is 0 Å². The van der Waals surface area contributed by atoms with E-state index in [1.807, 2.05) is 0 Å². The second-order valence-corrected chi connectivity index (χ2v) is 4.03. The summed E-state index contributed by atoms with van der Waals surface area (Å²) < 4.78 is 2.51. The van der Waals surface area contributed by atoms with Crippen LogP contribution in [0.1, 0.15) is 32.6 Å². The summed E-state index contributed by atoms with van der Waals surface area (Å²) in [5.41, 5.74) is 0. The van der Waals surface area contributed by atoms with Crippen LogP contribution in [-0.2, 0) is 0 Å². The average Bonchev–Trinajstić information content (AvgIpc) is 2.03. The van der Waals surface area contributed by atoms with E-state index in [9.17, 15) is 0 Å². The van der Waals surface area contributed by atoms with Gasteiger partial charge in [-0.25, -0.2) is 4.58 Å². The maximum atomic E-state index is 2.51. The molecular formula is C10H18N+. The number of fused-ring (bicyclic) bond motifs is 2. The quantitative estimate of drug-likeness (QED) is 0.505. The zero-order valence-corrected chi connectivity index (χ0v) is 7.42. The molecule has 1 fully saturated rings. The Balaban J connectivity index is 2.09. The predicted octanol–water partition coefficient (Wildman–Crippen LogP) is 1.91. The molecule has 2 rings (SSSR count). The molecule has 0 saturated heterocycles. The molecule has 0 aromatic carbocycles. The molecule has 2 bridgehead atoms. The first-order valence-electron chi connectivity index (χ1n) is 4.97. The first-order valence-corrected chi connectivity index (χ1v) is 4.97. The summed E-state index contributed by atoms with van der Waals surface area (Å²) in [6.45, 7) is 4.82. The molecule has 0 spiro atoms. The van der Waals surface area contributed by atoms with Crippen LogP contribution in [0, 0.1) is 11.8 Å². The van der Waals surface area contributed by atoms with Crippen molar-refractivity contribution in [2.75, 3.05) is 13.1 Å². The van der Waals surface area contributed by atoms with Crippen molar-refractivity contribution in [3.05, 3.63) is 0 Å². The maximum absolute atomic E-state index is 2.51. The molecule has 11 heavy (non-hydrogen) atoms. The van der Waals surface area contributed by atoms with Gasteiger partial charge in [0.1, 0.15) is 19.3 Å². The Morgan fingerprint density at radius 2 is 2.36 bits per heavy atom. The Labute approximate surface area is 69.1 Å². The molecule has 1 heterocycles. The van der Waals surface area contributed by atoms with E-state index in [4.69, 9.17) is 0 Å². The molecule has 0 aromatic heterocycles. The number of rotatable bonds is 1. The van der Waals surface area contributed by atoms with E-state index in [1.165, 1.54) is 38.8 Å². The van der Waals surface area contributed by atoms with E-state index in [-0.39, 0.29) is 0 Å². The highest BCUT2D eigenvalue weighted by atomic mass is 15.0. The van der Waals surface area contributed by atoms with Crippen molar-refractivity contribution < 1.29 is 4.58 Å². The maximum Gasteiger partial charge on any atom is 0.145 e. The molecule has 62 valence electrons. The molecule has 1 aliphatic carbocycles. The van der Waals surface area contributed by atoms with Gasteiger partial charge in [0, 0.05) is 11.8 Å². The second-order valence-electron chi connectivity index (χ2n) is 4.03. The van der Waals surface area contributed by atoms with Gasteiger partial charge in [-0.15, -0.1) is 0 Å². The molecule has 0 aromatic rings. The standard InChI is InChI=1S/C10H18N/c1-2-11-7-9-4-3-5-10(6-9)8-11/h7,9-10H,2-6,8H2,1H3/q+1/t9-,10-/m1/s1. The molecule has 0 N–H and O–H groups in total. The zero-order valence-electron chi connectivity index (χ0n) is 7.42. The highest BCUT2D eigenvalue weighted by Crippen LogP contribution is 2.30. The SMILES string of the molecule is CC[N+]1=C[C@@H]2CCC[C@H](C2)C1. The van der Waals surface area contributed by atoms with E-state index in [2.05, 4.69) is 17.7 Å². The summed E-state index contributed by atoms with van der Waals surface area (Å²) in [6, 6.07) is 0. The molecule has 0 amide bonds. The summed E-state index contributed by atoms with van der Waals surface area (Å²) in [5, 5.41) is 0. The van der Waals surface area contributed by atoms with Gasteiger partial charge in [-0.2, -0.15) is 0 Å². The fourth-order valence-electron chi connectivity index (χ4n) is 2.56. The highest BCUT2D eigenvalue weighted by Gasteiger charge is 2.29. The molecule has 1 nitrogen and oxygen atoms in total. The number of nitrogens with zero attached hydrogens (tertiary/aromatic N) is 1. The molecule has 0 radical (unpaired) electrons. The smallest absolute Gasteiger partial charge is 0.145 e. The monoisotopic (exact) mass is 152 g/mol. The number of hydrogen-bond acceptors (Lipinski definition) is 0. The fraction of sp³-hybridized carbons (Fsp3) is 0.900. The van der Waals surface area contributed by atoms with Crippen LogP contribution in [0.25, 0.3) is 0 Å². The van der Waals surface area contributed by atoms with Crippen molar-refractivity contribution in [1.29, 1.82) is 0 Å².